The van der Waals surface area contributed by atoms with E-state index in [2.05, 4.69) is 32.8 Å². The van der Waals surface area contributed by atoms with Crippen molar-refractivity contribution in [3.05, 3.63) is 30.7 Å². The van der Waals surface area contributed by atoms with E-state index in [-0.39, 0.29) is 0 Å². The van der Waals surface area contributed by atoms with Crippen LogP contribution in [-0.2, 0) is 0 Å². The molecule has 0 radical (unpaired) electrons. The average molecular weight is 227 g/mol. The lowest BCUT2D eigenvalue weighted by molar-refractivity contribution is 0.207. The second-order valence-corrected chi connectivity index (χ2v) is 5.46. The van der Waals surface area contributed by atoms with Gasteiger partial charge in [0.2, 0.25) is 0 Å². The Kier molecular flexibility index (Phi) is 2.03. The Hall–Kier alpha value is -1.35. The molecular weight excluding hydrogens is 210 g/mol. The van der Waals surface area contributed by atoms with Crippen LogP contribution < -0.4 is 0 Å². The predicted octanol–water partition coefficient (Wildman–Crippen LogP) is 2.30. The minimum atomic E-state index is 0.651. The van der Waals surface area contributed by atoms with E-state index in [1.807, 2.05) is 12.4 Å². The summed E-state index contributed by atoms with van der Waals surface area (Å²) < 4.78 is 2.44. The lowest BCUT2D eigenvalue weighted by atomic mass is 9.96. The molecule has 2 aromatic rings. The average Bonchev–Trinajstić information content (AvgIpc) is 2.93. The zero-order chi connectivity index (χ0) is 11.2. The van der Waals surface area contributed by atoms with Gasteiger partial charge in [0.1, 0.15) is 0 Å². The van der Waals surface area contributed by atoms with Crippen molar-refractivity contribution in [3.63, 3.8) is 0 Å². The Labute approximate surface area is 101 Å². The van der Waals surface area contributed by atoms with Crippen LogP contribution in [0.1, 0.15) is 18.9 Å². The first-order valence-corrected chi connectivity index (χ1v) is 6.53. The first kappa shape index (κ1) is 9.66. The smallest absolute Gasteiger partial charge is 0.0669 e. The Morgan fingerprint density at radius 1 is 1.24 bits per heavy atom. The molecule has 0 aliphatic carbocycles. The van der Waals surface area contributed by atoms with Crippen molar-refractivity contribution >= 4 is 10.9 Å². The van der Waals surface area contributed by atoms with Crippen molar-refractivity contribution in [1.82, 2.24) is 14.5 Å². The van der Waals surface area contributed by atoms with E-state index in [4.69, 9.17) is 0 Å². The fourth-order valence-corrected chi connectivity index (χ4v) is 3.54. The molecule has 2 bridgehead atoms. The minimum Gasteiger partial charge on any atom is -0.342 e. The van der Waals surface area contributed by atoms with Gasteiger partial charge in [0.05, 0.1) is 11.7 Å². The van der Waals surface area contributed by atoms with Gasteiger partial charge in [0, 0.05) is 36.9 Å². The van der Waals surface area contributed by atoms with Crippen LogP contribution in [0.3, 0.4) is 0 Å². The lowest BCUT2D eigenvalue weighted by Crippen LogP contribution is -2.34. The fourth-order valence-electron chi connectivity index (χ4n) is 3.54. The number of piperidine rings is 1. The third-order valence-electron chi connectivity index (χ3n) is 4.36. The summed E-state index contributed by atoms with van der Waals surface area (Å²) in [5.74, 6) is 0.919. The second-order valence-electron chi connectivity index (χ2n) is 5.46. The maximum absolute atomic E-state index is 4.26. The molecule has 2 saturated heterocycles. The van der Waals surface area contributed by atoms with Crippen molar-refractivity contribution in [2.75, 3.05) is 19.6 Å². The summed E-state index contributed by atoms with van der Waals surface area (Å²) in [4.78, 5) is 6.87. The summed E-state index contributed by atoms with van der Waals surface area (Å²) in [6, 6.07) is 4.96. The van der Waals surface area contributed by atoms with Crippen LogP contribution in [0.4, 0.5) is 0 Å². The highest BCUT2D eigenvalue weighted by Crippen LogP contribution is 2.34. The first-order valence-electron chi connectivity index (χ1n) is 6.53. The van der Waals surface area contributed by atoms with Crippen LogP contribution in [0.5, 0.6) is 0 Å². The Balaban J connectivity index is 1.74. The number of hydrogen-bond donors (Lipinski definition) is 0. The molecule has 3 nitrogen and oxygen atoms in total. The molecule has 0 amide bonds. The molecule has 2 aliphatic rings. The molecule has 0 spiro atoms. The van der Waals surface area contributed by atoms with E-state index >= 15 is 0 Å². The van der Waals surface area contributed by atoms with E-state index in [9.17, 15) is 0 Å². The molecule has 0 N–H and O–H groups in total. The van der Waals surface area contributed by atoms with Gasteiger partial charge in [-0.25, -0.2) is 0 Å². The van der Waals surface area contributed by atoms with Gasteiger partial charge in [0.15, 0.2) is 0 Å². The largest absolute Gasteiger partial charge is 0.342 e. The number of nitrogens with zero attached hydrogens (tertiary/aromatic N) is 3. The van der Waals surface area contributed by atoms with Crippen LogP contribution in [0, 0.1) is 5.92 Å². The highest BCUT2D eigenvalue weighted by atomic mass is 15.2. The molecule has 1 unspecified atom stereocenters. The van der Waals surface area contributed by atoms with Crippen molar-refractivity contribution in [3.8, 4) is 0 Å². The molecule has 3 atom stereocenters. The molecule has 17 heavy (non-hydrogen) atoms. The van der Waals surface area contributed by atoms with E-state index in [0.29, 0.717) is 6.04 Å². The molecule has 0 saturated carbocycles. The molecule has 2 fully saturated rings. The summed E-state index contributed by atoms with van der Waals surface area (Å²) in [6.07, 6.45) is 8.86. The van der Waals surface area contributed by atoms with Crippen molar-refractivity contribution in [1.29, 1.82) is 0 Å². The van der Waals surface area contributed by atoms with Gasteiger partial charge >= 0.3 is 0 Å². The Bertz CT molecular complexity index is 533. The molecule has 2 aliphatic heterocycles. The van der Waals surface area contributed by atoms with Crippen molar-refractivity contribution in [2.45, 2.75) is 18.9 Å². The third-order valence-corrected chi connectivity index (χ3v) is 4.36. The predicted molar refractivity (Wildman–Crippen MR) is 67.9 cm³/mol. The minimum absolute atomic E-state index is 0.651. The maximum atomic E-state index is 4.26. The summed E-state index contributed by atoms with van der Waals surface area (Å²) in [5, 5.41) is 1.31. The summed E-state index contributed by atoms with van der Waals surface area (Å²) in [7, 11) is 0. The van der Waals surface area contributed by atoms with E-state index < -0.39 is 0 Å². The number of rotatable bonds is 1. The molecule has 2 aromatic heterocycles. The van der Waals surface area contributed by atoms with Crippen LogP contribution >= 0.6 is 0 Å². The monoisotopic (exact) mass is 227 g/mol. The second kappa shape index (κ2) is 3.57. The first-order chi connectivity index (χ1) is 8.40. The van der Waals surface area contributed by atoms with Gasteiger partial charge in [-0.2, -0.15) is 0 Å². The molecule has 88 valence electrons. The topological polar surface area (TPSA) is 21.1 Å². The van der Waals surface area contributed by atoms with Gasteiger partial charge in [-0.3, -0.25) is 4.98 Å². The van der Waals surface area contributed by atoms with Crippen molar-refractivity contribution in [2.24, 2.45) is 5.92 Å². The molecule has 4 heterocycles. The third kappa shape index (κ3) is 1.49. The van der Waals surface area contributed by atoms with Crippen molar-refractivity contribution < 1.29 is 0 Å². The lowest BCUT2D eigenvalue weighted by Gasteiger charge is -2.31. The zero-order valence-corrected chi connectivity index (χ0v) is 9.92. The van der Waals surface area contributed by atoms with Crippen LogP contribution in [0.2, 0.25) is 0 Å². The fraction of sp³-hybridized carbons (Fsp3) is 0.500. The number of aromatic nitrogens is 2. The SMILES string of the molecule is c1cc2ccn([C@@H]3C[C@H]4CCN(C4)C3)c2cn1. The van der Waals surface area contributed by atoms with E-state index in [0.717, 1.165) is 5.92 Å². The summed E-state index contributed by atoms with van der Waals surface area (Å²) >= 11 is 0. The molecular formula is C14H17N3. The Morgan fingerprint density at radius 3 is 3.18 bits per heavy atom. The molecule has 0 aromatic carbocycles. The van der Waals surface area contributed by atoms with Gasteiger partial charge < -0.3 is 9.47 Å². The van der Waals surface area contributed by atoms with Gasteiger partial charge in [-0.1, -0.05) is 0 Å². The maximum Gasteiger partial charge on any atom is 0.0669 e. The highest BCUT2D eigenvalue weighted by molar-refractivity contribution is 5.79. The number of hydrogen-bond acceptors (Lipinski definition) is 2. The summed E-state index contributed by atoms with van der Waals surface area (Å²) in [5.41, 5.74) is 1.29. The number of pyridine rings is 1. The normalized spacial score (nSPS) is 32.1. The number of fused-ring (bicyclic) bond motifs is 3. The summed E-state index contributed by atoms with van der Waals surface area (Å²) in [6.45, 7) is 3.85. The molecule has 3 heteroatoms. The highest BCUT2D eigenvalue weighted by Gasteiger charge is 2.33. The van der Waals surface area contributed by atoms with E-state index in [1.54, 1.807) is 0 Å². The molecule has 4 rings (SSSR count). The van der Waals surface area contributed by atoms with Crippen LogP contribution in [-0.4, -0.2) is 34.1 Å². The zero-order valence-electron chi connectivity index (χ0n) is 9.92. The van der Waals surface area contributed by atoms with Gasteiger partial charge in [-0.05, 0) is 37.4 Å². The van der Waals surface area contributed by atoms with E-state index in [1.165, 1.54) is 43.4 Å². The van der Waals surface area contributed by atoms with Crippen LogP contribution in [0.25, 0.3) is 10.9 Å². The van der Waals surface area contributed by atoms with Crippen LogP contribution in [0.15, 0.2) is 30.7 Å². The quantitative estimate of drug-likeness (QED) is 0.745. The standard InChI is InChI=1S/C14H17N3/c1-4-15-8-14-12(1)3-6-17(14)13-7-11-2-5-16(9-11)10-13/h1,3-4,6,8,11,13H,2,5,7,9-10H2/t11-,13-/m1/s1. The van der Waals surface area contributed by atoms with Gasteiger partial charge in [-0.15, -0.1) is 0 Å². The van der Waals surface area contributed by atoms with Gasteiger partial charge in [0.25, 0.3) is 0 Å². The Morgan fingerprint density at radius 2 is 2.24 bits per heavy atom.